The number of nitrogens with one attached hydrogen (secondary N) is 2. The van der Waals surface area contributed by atoms with Gasteiger partial charge < -0.3 is 15.0 Å². The lowest BCUT2D eigenvalue weighted by molar-refractivity contribution is 0.0946. The highest BCUT2D eigenvalue weighted by molar-refractivity contribution is 5.94. The quantitative estimate of drug-likeness (QED) is 0.862. The van der Waals surface area contributed by atoms with Gasteiger partial charge in [-0.2, -0.15) is 0 Å². The number of imidazole rings is 1. The van der Waals surface area contributed by atoms with Crippen LogP contribution >= 0.6 is 0 Å². The highest BCUT2D eigenvalue weighted by Gasteiger charge is 2.12. The molecule has 94 valence electrons. The van der Waals surface area contributed by atoms with Gasteiger partial charge in [-0.3, -0.25) is 4.79 Å². The van der Waals surface area contributed by atoms with Crippen LogP contribution in [0.3, 0.4) is 0 Å². The maximum atomic E-state index is 13.6. The number of H-pyrrole nitrogens is 1. The van der Waals surface area contributed by atoms with E-state index >= 15 is 0 Å². The van der Waals surface area contributed by atoms with Crippen LogP contribution in [-0.4, -0.2) is 23.0 Å². The van der Waals surface area contributed by atoms with Gasteiger partial charge in [0.25, 0.3) is 5.91 Å². The molecule has 1 heterocycles. The summed E-state index contributed by atoms with van der Waals surface area (Å²) in [6.45, 7) is 0.268. The van der Waals surface area contributed by atoms with E-state index in [1.807, 2.05) is 0 Å². The zero-order valence-corrected chi connectivity index (χ0v) is 9.74. The average molecular weight is 249 g/mol. The second-order valence-electron chi connectivity index (χ2n) is 3.61. The molecule has 0 spiro atoms. The summed E-state index contributed by atoms with van der Waals surface area (Å²) < 4.78 is 18.5. The molecule has 0 fully saturated rings. The van der Waals surface area contributed by atoms with E-state index in [9.17, 15) is 9.18 Å². The van der Waals surface area contributed by atoms with Gasteiger partial charge in [0.15, 0.2) is 0 Å². The first-order chi connectivity index (χ1) is 8.70. The molecule has 18 heavy (non-hydrogen) atoms. The predicted molar refractivity (Wildman–Crippen MR) is 62.7 cm³/mol. The number of aromatic amines is 1. The lowest BCUT2D eigenvalue weighted by Crippen LogP contribution is -2.24. The standard InChI is InChI=1S/C12H12FN3O2/c1-18-9-2-3-10(11(13)4-9)12(17)15-6-8-5-14-7-16-8/h2-5,7H,6H2,1H3,(H,14,16)(H,15,17). The number of hydrogen-bond acceptors (Lipinski definition) is 3. The van der Waals surface area contributed by atoms with Crippen LogP contribution in [0.4, 0.5) is 4.39 Å². The lowest BCUT2D eigenvalue weighted by atomic mass is 10.2. The Hall–Kier alpha value is -2.37. The second-order valence-corrected chi connectivity index (χ2v) is 3.61. The summed E-state index contributed by atoms with van der Waals surface area (Å²) in [6, 6.07) is 4.09. The van der Waals surface area contributed by atoms with Gasteiger partial charge >= 0.3 is 0 Å². The molecule has 0 aliphatic heterocycles. The lowest BCUT2D eigenvalue weighted by Gasteiger charge is -2.06. The number of methoxy groups -OCH3 is 1. The van der Waals surface area contributed by atoms with Crippen LogP contribution in [0.2, 0.25) is 0 Å². The second kappa shape index (κ2) is 5.31. The summed E-state index contributed by atoms with van der Waals surface area (Å²) in [4.78, 5) is 18.4. The Labute approximate surface area is 103 Å². The Bertz CT molecular complexity index is 540. The van der Waals surface area contributed by atoms with Crippen molar-refractivity contribution in [2.75, 3.05) is 7.11 Å². The molecule has 6 heteroatoms. The van der Waals surface area contributed by atoms with Crippen LogP contribution in [-0.2, 0) is 6.54 Å². The van der Waals surface area contributed by atoms with Crippen molar-refractivity contribution in [1.29, 1.82) is 0 Å². The zero-order chi connectivity index (χ0) is 13.0. The fourth-order valence-electron chi connectivity index (χ4n) is 1.46. The molecule has 5 nitrogen and oxygen atoms in total. The van der Waals surface area contributed by atoms with Crippen LogP contribution in [0.5, 0.6) is 5.75 Å². The minimum absolute atomic E-state index is 0.0182. The number of benzene rings is 1. The molecule has 0 radical (unpaired) electrons. The van der Waals surface area contributed by atoms with E-state index in [2.05, 4.69) is 15.3 Å². The number of carbonyl (C=O) groups is 1. The summed E-state index contributed by atoms with van der Waals surface area (Å²) in [5.41, 5.74) is 0.729. The summed E-state index contributed by atoms with van der Waals surface area (Å²) in [7, 11) is 1.44. The molecule has 0 aliphatic rings. The monoisotopic (exact) mass is 249 g/mol. The highest BCUT2D eigenvalue weighted by atomic mass is 19.1. The Morgan fingerprint density at radius 2 is 2.39 bits per heavy atom. The maximum absolute atomic E-state index is 13.6. The number of ether oxygens (including phenoxy) is 1. The summed E-state index contributed by atoms with van der Waals surface area (Å²) in [6.07, 6.45) is 3.10. The van der Waals surface area contributed by atoms with Crippen LogP contribution in [0.1, 0.15) is 16.1 Å². The van der Waals surface area contributed by atoms with Crippen molar-refractivity contribution in [1.82, 2.24) is 15.3 Å². The summed E-state index contributed by atoms with van der Waals surface area (Å²) >= 11 is 0. The first-order valence-corrected chi connectivity index (χ1v) is 5.29. The van der Waals surface area contributed by atoms with Gasteiger partial charge in [-0.25, -0.2) is 9.37 Å². The number of carbonyl (C=O) groups excluding carboxylic acids is 1. The molecule has 0 saturated carbocycles. The van der Waals surface area contributed by atoms with Crippen LogP contribution in [0, 0.1) is 5.82 Å². The van der Waals surface area contributed by atoms with Crippen molar-refractivity contribution in [2.24, 2.45) is 0 Å². The summed E-state index contributed by atoms with van der Waals surface area (Å²) in [5, 5.41) is 2.59. The molecule has 0 aliphatic carbocycles. The molecule has 2 N–H and O–H groups in total. The van der Waals surface area contributed by atoms with Crippen molar-refractivity contribution in [3.8, 4) is 5.75 Å². The van der Waals surface area contributed by atoms with Gasteiger partial charge in [0.2, 0.25) is 0 Å². The number of amides is 1. The Morgan fingerprint density at radius 3 is 3.00 bits per heavy atom. The molecule has 0 bridgehead atoms. The van der Waals surface area contributed by atoms with Crippen molar-refractivity contribution in [2.45, 2.75) is 6.54 Å². The third-order valence-electron chi connectivity index (χ3n) is 2.42. The van der Waals surface area contributed by atoms with Crippen LogP contribution in [0.25, 0.3) is 0 Å². The number of aromatic nitrogens is 2. The molecule has 0 atom stereocenters. The highest BCUT2D eigenvalue weighted by Crippen LogP contribution is 2.16. The van der Waals surface area contributed by atoms with Crippen molar-refractivity contribution < 1.29 is 13.9 Å². The topological polar surface area (TPSA) is 67.0 Å². The van der Waals surface area contributed by atoms with E-state index < -0.39 is 11.7 Å². The number of halogens is 1. The van der Waals surface area contributed by atoms with E-state index in [0.29, 0.717) is 5.75 Å². The van der Waals surface area contributed by atoms with E-state index in [0.717, 1.165) is 5.69 Å². The predicted octanol–water partition coefficient (Wildman–Crippen LogP) is 1.49. The Balaban J connectivity index is 2.04. The SMILES string of the molecule is COc1ccc(C(=O)NCc2cnc[nH]2)c(F)c1. The van der Waals surface area contributed by atoms with Gasteiger partial charge in [-0.05, 0) is 12.1 Å². The normalized spacial score (nSPS) is 10.1. The molecular weight excluding hydrogens is 237 g/mol. The largest absolute Gasteiger partial charge is 0.497 e. The van der Waals surface area contributed by atoms with Gasteiger partial charge in [-0.15, -0.1) is 0 Å². The number of rotatable bonds is 4. The minimum atomic E-state index is -0.614. The van der Waals surface area contributed by atoms with Gasteiger partial charge in [0.05, 0.1) is 31.2 Å². The third-order valence-corrected chi connectivity index (χ3v) is 2.42. The maximum Gasteiger partial charge on any atom is 0.254 e. The molecule has 0 unspecified atom stereocenters. The van der Waals surface area contributed by atoms with E-state index in [1.165, 1.54) is 31.6 Å². The van der Waals surface area contributed by atoms with Crippen LogP contribution < -0.4 is 10.1 Å². The molecule has 0 saturated heterocycles. The average Bonchev–Trinajstić information content (AvgIpc) is 2.88. The van der Waals surface area contributed by atoms with Gasteiger partial charge in [0.1, 0.15) is 11.6 Å². The zero-order valence-electron chi connectivity index (χ0n) is 9.74. The fourth-order valence-corrected chi connectivity index (χ4v) is 1.46. The first kappa shape index (κ1) is 12.1. The van der Waals surface area contributed by atoms with Crippen LogP contribution in [0.15, 0.2) is 30.7 Å². The molecule has 1 amide bonds. The van der Waals surface area contributed by atoms with E-state index in [-0.39, 0.29) is 12.1 Å². The van der Waals surface area contributed by atoms with Crippen molar-refractivity contribution >= 4 is 5.91 Å². The molecule has 1 aromatic heterocycles. The Kier molecular flexibility index (Phi) is 3.57. The molecule has 1 aromatic carbocycles. The van der Waals surface area contributed by atoms with Crippen molar-refractivity contribution in [3.63, 3.8) is 0 Å². The first-order valence-electron chi connectivity index (χ1n) is 5.29. The summed E-state index contributed by atoms with van der Waals surface area (Å²) in [5.74, 6) is -0.723. The minimum Gasteiger partial charge on any atom is -0.497 e. The number of hydrogen-bond donors (Lipinski definition) is 2. The van der Waals surface area contributed by atoms with E-state index in [4.69, 9.17) is 4.74 Å². The van der Waals surface area contributed by atoms with E-state index in [1.54, 1.807) is 6.20 Å². The number of nitrogens with zero attached hydrogens (tertiary/aromatic N) is 1. The van der Waals surface area contributed by atoms with Gasteiger partial charge in [0, 0.05) is 12.3 Å². The smallest absolute Gasteiger partial charge is 0.254 e. The Morgan fingerprint density at radius 1 is 1.56 bits per heavy atom. The third kappa shape index (κ3) is 2.65. The molecule has 2 rings (SSSR count). The van der Waals surface area contributed by atoms with Gasteiger partial charge in [-0.1, -0.05) is 0 Å². The molecular formula is C12H12FN3O2. The van der Waals surface area contributed by atoms with Crippen molar-refractivity contribution in [3.05, 3.63) is 47.8 Å². The fraction of sp³-hybridized carbons (Fsp3) is 0.167. The molecule has 2 aromatic rings.